The third kappa shape index (κ3) is 5.20. The third-order valence-electron chi connectivity index (χ3n) is 3.82. The molecule has 23 heavy (non-hydrogen) atoms. The Morgan fingerprint density at radius 2 is 2.17 bits per heavy atom. The largest absolute Gasteiger partial charge is 0.493 e. The van der Waals surface area contributed by atoms with Gasteiger partial charge in [0.25, 0.3) is 0 Å². The summed E-state index contributed by atoms with van der Waals surface area (Å²) in [6, 6.07) is 5.77. The first-order chi connectivity index (χ1) is 11.3. The first-order valence-corrected chi connectivity index (χ1v) is 8.23. The van der Waals surface area contributed by atoms with Gasteiger partial charge in [-0.2, -0.15) is 0 Å². The summed E-state index contributed by atoms with van der Waals surface area (Å²) in [5.74, 6) is 2.22. The summed E-state index contributed by atoms with van der Waals surface area (Å²) in [6.07, 6.45) is 7.20. The molecule has 126 valence electrons. The first-order valence-electron chi connectivity index (χ1n) is 8.23. The van der Waals surface area contributed by atoms with Gasteiger partial charge >= 0.3 is 0 Å². The average Bonchev–Trinajstić information content (AvgIpc) is 3.08. The molecule has 1 aliphatic rings. The fourth-order valence-corrected chi connectivity index (χ4v) is 2.64. The zero-order valence-electron chi connectivity index (χ0n) is 14.3. The predicted octanol–water partition coefficient (Wildman–Crippen LogP) is 3.58. The summed E-state index contributed by atoms with van der Waals surface area (Å²) in [7, 11) is 3.42. The third-order valence-corrected chi connectivity index (χ3v) is 3.82. The quantitative estimate of drug-likeness (QED) is 0.458. The van der Waals surface area contributed by atoms with Crippen molar-refractivity contribution in [3.8, 4) is 11.5 Å². The second-order valence-electron chi connectivity index (χ2n) is 5.43. The molecule has 2 N–H and O–H groups in total. The Balaban J connectivity index is 1.91. The van der Waals surface area contributed by atoms with E-state index in [1.54, 1.807) is 19.7 Å². The van der Waals surface area contributed by atoms with Crippen LogP contribution in [0.3, 0.4) is 0 Å². The smallest absolute Gasteiger partial charge is 0.195 e. The van der Waals surface area contributed by atoms with Crippen LogP contribution in [0.15, 0.2) is 34.8 Å². The van der Waals surface area contributed by atoms with E-state index in [0.717, 1.165) is 36.1 Å². The number of benzene rings is 1. The van der Waals surface area contributed by atoms with Crippen LogP contribution in [0.25, 0.3) is 0 Å². The van der Waals surface area contributed by atoms with E-state index in [9.17, 15) is 0 Å². The standard InChI is InChI=1S/C18H27N3O2/c1-4-23-17-13-15(9-10-16(17)22-3)21-18(19-2)20-12-11-14-7-5-6-8-14/h7,9-10,13H,4-6,8,11-12H2,1-3H3,(H2,19,20,21). The van der Waals surface area contributed by atoms with Crippen molar-refractivity contribution < 1.29 is 9.47 Å². The van der Waals surface area contributed by atoms with Crippen LogP contribution in [0.2, 0.25) is 0 Å². The second-order valence-corrected chi connectivity index (χ2v) is 5.43. The molecule has 0 saturated heterocycles. The molecule has 0 amide bonds. The minimum absolute atomic E-state index is 0.599. The Kier molecular flexibility index (Phi) is 6.78. The van der Waals surface area contributed by atoms with E-state index in [1.165, 1.54) is 19.3 Å². The molecule has 0 bridgehead atoms. The van der Waals surface area contributed by atoms with Gasteiger partial charge in [0.05, 0.1) is 13.7 Å². The van der Waals surface area contributed by atoms with Gasteiger partial charge in [0.15, 0.2) is 17.5 Å². The van der Waals surface area contributed by atoms with E-state index in [4.69, 9.17) is 9.47 Å². The maximum Gasteiger partial charge on any atom is 0.195 e. The van der Waals surface area contributed by atoms with Gasteiger partial charge in [0.2, 0.25) is 0 Å². The van der Waals surface area contributed by atoms with Crippen molar-refractivity contribution >= 4 is 11.6 Å². The molecule has 0 unspecified atom stereocenters. The van der Waals surface area contributed by atoms with Gasteiger partial charge in [-0.25, -0.2) is 0 Å². The summed E-state index contributed by atoms with van der Waals surface area (Å²) in [5.41, 5.74) is 2.47. The van der Waals surface area contributed by atoms with Crippen molar-refractivity contribution in [2.75, 3.05) is 32.6 Å². The lowest BCUT2D eigenvalue weighted by Gasteiger charge is -2.15. The van der Waals surface area contributed by atoms with Crippen molar-refractivity contribution in [1.82, 2.24) is 5.32 Å². The highest BCUT2D eigenvalue weighted by molar-refractivity contribution is 5.93. The Morgan fingerprint density at radius 1 is 1.30 bits per heavy atom. The van der Waals surface area contributed by atoms with Crippen molar-refractivity contribution in [2.45, 2.75) is 32.6 Å². The highest BCUT2D eigenvalue weighted by Crippen LogP contribution is 2.30. The Labute approximate surface area is 138 Å². The zero-order valence-corrected chi connectivity index (χ0v) is 14.3. The molecule has 1 aromatic carbocycles. The van der Waals surface area contributed by atoms with Crippen LogP contribution >= 0.6 is 0 Å². The van der Waals surface area contributed by atoms with Crippen molar-refractivity contribution in [2.24, 2.45) is 4.99 Å². The van der Waals surface area contributed by atoms with Crippen LogP contribution < -0.4 is 20.1 Å². The summed E-state index contributed by atoms with van der Waals surface area (Å²) in [6.45, 7) is 3.44. The fraction of sp³-hybridized carbons (Fsp3) is 0.500. The molecule has 0 radical (unpaired) electrons. The van der Waals surface area contributed by atoms with E-state index < -0.39 is 0 Å². The molecule has 0 saturated carbocycles. The highest BCUT2D eigenvalue weighted by atomic mass is 16.5. The number of anilines is 1. The normalized spacial score (nSPS) is 14.4. The number of aliphatic imine (C=N–C) groups is 1. The van der Waals surface area contributed by atoms with E-state index in [1.807, 2.05) is 25.1 Å². The Bertz CT molecular complexity index is 567. The molecule has 0 aliphatic heterocycles. The summed E-state index contributed by atoms with van der Waals surface area (Å²) in [4.78, 5) is 4.27. The van der Waals surface area contributed by atoms with Crippen LogP contribution in [-0.2, 0) is 0 Å². The van der Waals surface area contributed by atoms with Crippen LogP contribution in [0.4, 0.5) is 5.69 Å². The van der Waals surface area contributed by atoms with Crippen LogP contribution in [0, 0.1) is 0 Å². The van der Waals surface area contributed by atoms with Gasteiger partial charge in [-0.3, -0.25) is 4.99 Å². The molecule has 0 atom stereocenters. The summed E-state index contributed by atoms with van der Waals surface area (Å²) in [5, 5.41) is 6.64. The number of guanidine groups is 1. The summed E-state index contributed by atoms with van der Waals surface area (Å²) >= 11 is 0. The van der Waals surface area contributed by atoms with Gasteiger partial charge in [-0.1, -0.05) is 11.6 Å². The van der Waals surface area contributed by atoms with Crippen LogP contribution in [-0.4, -0.2) is 33.3 Å². The van der Waals surface area contributed by atoms with Crippen molar-refractivity contribution in [3.05, 3.63) is 29.8 Å². The lowest BCUT2D eigenvalue weighted by atomic mass is 10.2. The molecule has 0 aromatic heterocycles. The second kappa shape index (κ2) is 9.08. The lowest BCUT2D eigenvalue weighted by Crippen LogP contribution is -2.31. The van der Waals surface area contributed by atoms with Crippen LogP contribution in [0.5, 0.6) is 11.5 Å². The van der Waals surface area contributed by atoms with Crippen molar-refractivity contribution in [3.63, 3.8) is 0 Å². The molecule has 1 aromatic rings. The average molecular weight is 317 g/mol. The molecular weight excluding hydrogens is 290 g/mol. The van der Waals surface area contributed by atoms with Gasteiger partial charge in [0.1, 0.15) is 0 Å². The number of methoxy groups -OCH3 is 1. The molecule has 0 spiro atoms. The van der Waals surface area contributed by atoms with Gasteiger partial charge in [0, 0.05) is 25.3 Å². The topological polar surface area (TPSA) is 54.9 Å². The molecular formula is C18H27N3O2. The number of rotatable bonds is 7. The number of hydrogen-bond donors (Lipinski definition) is 2. The Hall–Kier alpha value is -2.17. The highest BCUT2D eigenvalue weighted by Gasteiger charge is 2.08. The number of nitrogens with one attached hydrogen (secondary N) is 2. The lowest BCUT2D eigenvalue weighted by molar-refractivity contribution is 0.311. The Morgan fingerprint density at radius 3 is 2.83 bits per heavy atom. The summed E-state index contributed by atoms with van der Waals surface area (Å²) < 4.78 is 10.9. The molecule has 0 heterocycles. The van der Waals surface area contributed by atoms with Crippen molar-refractivity contribution in [1.29, 1.82) is 0 Å². The maximum atomic E-state index is 5.60. The van der Waals surface area contributed by atoms with Gasteiger partial charge < -0.3 is 20.1 Å². The molecule has 2 rings (SSSR count). The predicted molar refractivity (Wildman–Crippen MR) is 95.7 cm³/mol. The number of nitrogens with zero attached hydrogens (tertiary/aromatic N) is 1. The minimum Gasteiger partial charge on any atom is -0.493 e. The van der Waals surface area contributed by atoms with E-state index in [0.29, 0.717) is 6.61 Å². The molecule has 5 heteroatoms. The fourth-order valence-electron chi connectivity index (χ4n) is 2.64. The zero-order chi connectivity index (χ0) is 16.5. The van der Waals surface area contributed by atoms with Gasteiger partial charge in [-0.05, 0) is 44.7 Å². The minimum atomic E-state index is 0.599. The molecule has 0 fully saturated rings. The van der Waals surface area contributed by atoms with E-state index in [-0.39, 0.29) is 0 Å². The number of hydrogen-bond acceptors (Lipinski definition) is 3. The van der Waals surface area contributed by atoms with E-state index in [2.05, 4.69) is 21.7 Å². The monoisotopic (exact) mass is 317 g/mol. The van der Waals surface area contributed by atoms with E-state index >= 15 is 0 Å². The van der Waals surface area contributed by atoms with Gasteiger partial charge in [-0.15, -0.1) is 0 Å². The maximum absolute atomic E-state index is 5.60. The SMILES string of the molecule is CCOc1cc(NC(=NC)NCCC2=CCCC2)ccc1OC. The van der Waals surface area contributed by atoms with Crippen LogP contribution in [0.1, 0.15) is 32.6 Å². The molecule has 1 aliphatic carbocycles. The number of ether oxygens (including phenoxy) is 2. The number of allylic oxidation sites excluding steroid dienone is 1. The molecule has 5 nitrogen and oxygen atoms in total. The first kappa shape index (κ1) is 17.2.